The molecule has 1 aromatic carbocycles. The van der Waals surface area contributed by atoms with Gasteiger partial charge in [0.1, 0.15) is 11.9 Å². The number of hydrazone groups is 1. The lowest BCUT2D eigenvalue weighted by Crippen LogP contribution is -2.39. The van der Waals surface area contributed by atoms with Crippen LogP contribution in [-0.2, 0) is 4.79 Å². The van der Waals surface area contributed by atoms with Gasteiger partial charge in [0.2, 0.25) is 5.71 Å². The predicted molar refractivity (Wildman–Crippen MR) is 73.5 cm³/mol. The molecule has 0 unspecified atom stereocenters. The van der Waals surface area contributed by atoms with Crippen LogP contribution in [-0.4, -0.2) is 29.6 Å². The van der Waals surface area contributed by atoms with Gasteiger partial charge in [-0.3, -0.25) is 10.2 Å². The summed E-state index contributed by atoms with van der Waals surface area (Å²) in [5.41, 5.74) is 2.93. The van der Waals surface area contributed by atoms with Crippen LogP contribution in [0.15, 0.2) is 29.4 Å². The summed E-state index contributed by atoms with van der Waals surface area (Å²) in [5, 5.41) is 12.8. The minimum Gasteiger partial charge on any atom is -0.337 e. The van der Waals surface area contributed by atoms with Crippen molar-refractivity contribution < 1.29 is 9.18 Å². The Balaban J connectivity index is 2.03. The number of benzene rings is 1. The van der Waals surface area contributed by atoms with Crippen molar-refractivity contribution in [2.24, 2.45) is 5.10 Å². The van der Waals surface area contributed by atoms with Crippen LogP contribution in [0.5, 0.6) is 0 Å². The average Bonchev–Trinajstić information content (AvgIpc) is 2.50. The van der Waals surface area contributed by atoms with Gasteiger partial charge in [-0.15, -0.1) is 0 Å². The van der Waals surface area contributed by atoms with Crippen LogP contribution in [0.2, 0.25) is 0 Å². The monoisotopic (exact) mass is 274 g/mol. The number of rotatable bonds is 3. The molecule has 0 aliphatic carbocycles. The maximum Gasteiger partial charge on any atom is 0.285 e. The van der Waals surface area contributed by atoms with Gasteiger partial charge in [0.05, 0.1) is 5.69 Å². The number of nitrogens with one attached hydrogen (secondary N) is 1. The number of hydrogen-bond acceptors (Lipinski definition) is 4. The maximum absolute atomic E-state index is 12.7. The first-order chi connectivity index (χ1) is 9.70. The molecule has 0 atom stereocenters. The Hall–Kier alpha value is -2.42. The maximum atomic E-state index is 12.7. The van der Waals surface area contributed by atoms with Crippen LogP contribution in [0.25, 0.3) is 0 Å². The largest absolute Gasteiger partial charge is 0.337 e. The molecule has 0 saturated carbocycles. The molecule has 104 valence electrons. The molecule has 20 heavy (non-hydrogen) atoms. The van der Waals surface area contributed by atoms with E-state index in [1.807, 2.05) is 0 Å². The molecule has 0 spiro atoms. The highest BCUT2D eigenvalue weighted by molar-refractivity contribution is 6.45. The Labute approximate surface area is 116 Å². The van der Waals surface area contributed by atoms with Crippen molar-refractivity contribution in [3.8, 4) is 6.07 Å². The Kier molecular flexibility index (Phi) is 4.66. The summed E-state index contributed by atoms with van der Waals surface area (Å²) >= 11 is 0. The summed E-state index contributed by atoms with van der Waals surface area (Å²) in [6, 6.07) is 7.32. The van der Waals surface area contributed by atoms with Gasteiger partial charge in [-0.1, -0.05) is 0 Å². The van der Waals surface area contributed by atoms with Gasteiger partial charge in [-0.25, -0.2) is 4.39 Å². The molecular weight excluding hydrogens is 259 g/mol. The van der Waals surface area contributed by atoms with Gasteiger partial charge >= 0.3 is 0 Å². The van der Waals surface area contributed by atoms with Crippen LogP contribution in [0.3, 0.4) is 0 Å². The molecule has 1 aliphatic rings. The van der Waals surface area contributed by atoms with E-state index < -0.39 is 0 Å². The molecule has 0 bridgehead atoms. The number of halogens is 1. The molecule has 1 aromatic rings. The molecule has 1 aliphatic heterocycles. The van der Waals surface area contributed by atoms with Crippen LogP contribution in [0.1, 0.15) is 19.3 Å². The number of piperidine rings is 1. The highest BCUT2D eigenvalue weighted by Crippen LogP contribution is 2.10. The second kappa shape index (κ2) is 6.66. The Bertz CT molecular complexity index is 541. The van der Waals surface area contributed by atoms with Gasteiger partial charge < -0.3 is 4.90 Å². The summed E-state index contributed by atoms with van der Waals surface area (Å²) in [6.07, 6.45) is 3.02. The molecule has 1 fully saturated rings. The highest BCUT2D eigenvalue weighted by atomic mass is 19.1. The summed E-state index contributed by atoms with van der Waals surface area (Å²) in [6.45, 7) is 1.33. The zero-order valence-electron chi connectivity index (χ0n) is 11.0. The summed E-state index contributed by atoms with van der Waals surface area (Å²) in [7, 11) is 0. The average molecular weight is 274 g/mol. The Morgan fingerprint density at radius 3 is 2.50 bits per heavy atom. The SMILES string of the molecule is N#C/C(=N\Nc1ccc(F)cc1)C(=O)N1CCCCC1. The number of anilines is 1. The fourth-order valence-corrected chi connectivity index (χ4v) is 2.01. The lowest BCUT2D eigenvalue weighted by atomic mass is 10.1. The molecular formula is C14H15FN4O. The topological polar surface area (TPSA) is 68.5 Å². The first-order valence-electron chi connectivity index (χ1n) is 6.49. The van der Waals surface area contributed by atoms with Crippen molar-refractivity contribution in [1.82, 2.24) is 4.90 Å². The van der Waals surface area contributed by atoms with E-state index in [0.717, 1.165) is 19.3 Å². The van der Waals surface area contributed by atoms with Gasteiger partial charge in [0.15, 0.2) is 0 Å². The predicted octanol–water partition coefficient (Wildman–Crippen LogP) is 2.13. The Morgan fingerprint density at radius 1 is 1.25 bits per heavy atom. The van der Waals surface area contributed by atoms with Crippen molar-refractivity contribution in [2.75, 3.05) is 18.5 Å². The Morgan fingerprint density at radius 2 is 1.90 bits per heavy atom. The third kappa shape index (κ3) is 3.54. The third-order valence-corrected chi connectivity index (χ3v) is 3.09. The van der Waals surface area contributed by atoms with Crippen molar-refractivity contribution in [1.29, 1.82) is 5.26 Å². The molecule has 0 radical (unpaired) electrons. The fourth-order valence-electron chi connectivity index (χ4n) is 2.01. The van der Waals surface area contributed by atoms with E-state index in [1.54, 1.807) is 11.0 Å². The van der Waals surface area contributed by atoms with Crippen LogP contribution in [0, 0.1) is 17.1 Å². The normalized spacial score (nSPS) is 15.6. The van der Waals surface area contributed by atoms with E-state index >= 15 is 0 Å². The zero-order valence-corrected chi connectivity index (χ0v) is 11.0. The molecule has 1 N–H and O–H groups in total. The first-order valence-corrected chi connectivity index (χ1v) is 6.49. The minimum absolute atomic E-state index is 0.184. The number of carbonyl (C=O) groups excluding carboxylic acids is 1. The molecule has 6 heteroatoms. The van der Waals surface area contributed by atoms with Crippen molar-refractivity contribution in [2.45, 2.75) is 19.3 Å². The van der Waals surface area contributed by atoms with Crippen molar-refractivity contribution >= 4 is 17.3 Å². The lowest BCUT2D eigenvalue weighted by Gasteiger charge is -2.25. The quantitative estimate of drug-likeness (QED) is 0.678. The van der Waals surface area contributed by atoms with Gasteiger partial charge in [-0.05, 0) is 43.5 Å². The molecule has 1 amide bonds. The van der Waals surface area contributed by atoms with Gasteiger partial charge in [0, 0.05) is 13.1 Å². The van der Waals surface area contributed by atoms with Crippen molar-refractivity contribution in [3.63, 3.8) is 0 Å². The number of likely N-dealkylation sites (tertiary alicyclic amines) is 1. The molecule has 2 rings (SSSR count). The second-order valence-corrected chi connectivity index (χ2v) is 4.54. The summed E-state index contributed by atoms with van der Waals surface area (Å²) in [5.74, 6) is -0.716. The summed E-state index contributed by atoms with van der Waals surface area (Å²) in [4.78, 5) is 13.7. The van der Waals surface area contributed by atoms with E-state index in [-0.39, 0.29) is 17.4 Å². The first kappa shape index (κ1) is 14.0. The van der Waals surface area contributed by atoms with Crippen LogP contribution >= 0.6 is 0 Å². The number of carbonyl (C=O) groups is 1. The van der Waals surface area contributed by atoms with E-state index in [0.29, 0.717) is 18.8 Å². The molecule has 5 nitrogen and oxygen atoms in total. The molecule has 1 heterocycles. The fraction of sp³-hybridized carbons (Fsp3) is 0.357. The van der Waals surface area contributed by atoms with E-state index in [2.05, 4.69) is 10.5 Å². The van der Waals surface area contributed by atoms with Gasteiger partial charge in [-0.2, -0.15) is 10.4 Å². The van der Waals surface area contributed by atoms with E-state index in [4.69, 9.17) is 5.26 Å². The minimum atomic E-state index is -0.359. The number of amides is 1. The van der Waals surface area contributed by atoms with E-state index in [9.17, 15) is 9.18 Å². The molecule has 0 aromatic heterocycles. The molecule has 1 saturated heterocycles. The third-order valence-electron chi connectivity index (χ3n) is 3.09. The second-order valence-electron chi connectivity index (χ2n) is 4.54. The smallest absolute Gasteiger partial charge is 0.285 e. The van der Waals surface area contributed by atoms with Crippen LogP contribution < -0.4 is 5.43 Å². The highest BCUT2D eigenvalue weighted by Gasteiger charge is 2.21. The lowest BCUT2D eigenvalue weighted by molar-refractivity contribution is -0.124. The summed E-state index contributed by atoms with van der Waals surface area (Å²) < 4.78 is 12.7. The van der Waals surface area contributed by atoms with Crippen LogP contribution in [0.4, 0.5) is 10.1 Å². The van der Waals surface area contributed by atoms with Crippen molar-refractivity contribution in [3.05, 3.63) is 30.1 Å². The zero-order chi connectivity index (χ0) is 14.4. The standard InChI is InChI=1S/C14H15FN4O/c15-11-4-6-12(7-5-11)17-18-13(10-16)14(20)19-8-2-1-3-9-19/h4-7,17H,1-3,8-9H2/b18-13+. The number of hydrogen-bond donors (Lipinski definition) is 1. The van der Waals surface area contributed by atoms with Gasteiger partial charge in [0.25, 0.3) is 5.91 Å². The van der Waals surface area contributed by atoms with E-state index in [1.165, 1.54) is 24.3 Å². The number of nitrogens with zero attached hydrogens (tertiary/aromatic N) is 3. The number of nitriles is 1.